The van der Waals surface area contributed by atoms with Crippen LogP contribution in [0.1, 0.15) is 17.5 Å². The van der Waals surface area contributed by atoms with Crippen LogP contribution in [-0.4, -0.2) is 32.3 Å². The zero-order valence-electron chi connectivity index (χ0n) is 15.2. The van der Waals surface area contributed by atoms with Crippen LogP contribution in [0.3, 0.4) is 0 Å². The number of nitrogens with zero attached hydrogens (tertiary/aromatic N) is 1. The molecule has 0 aliphatic rings. The molecule has 2 aromatic rings. The Labute approximate surface area is 173 Å². The van der Waals surface area contributed by atoms with Gasteiger partial charge in [-0.2, -0.15) is 0 Å². The highest BCUT2D eigenvalue weighted by atomic mass is 127. The van der Waals surface area contributed by atoms with Gasteiger partial charge >= 0.3 is 0 Å². The van der Waals surface area contributed by atoms with Crippen LogP contribution >= 0.6 is 24.0 Å². The average Bonchev–Trinajstić information content (AvgIpc) is 2.61. The van der Waals surface area contributed by atoms with Crippen LogP contribution in [0.5, 0.6) is 0 Å². The fraction of sp³-hybridized carbons (Fsp3) is 0.350. The summed E-state index contributed by atoms with van der Waals surface area (Å²) in [6.45, 7) is 5.13. The molecular weight excluding hydrogens is 441 g/mol. The Hall–Kier alpha value is -1.64. The molecule has 3 N–H and O–H groups in total. The Morgan fingerprint density at radius 1 is 1.00 bits per heavy atom. The van der Waals surface area contributed by atoms with Crippen molar-refractivity contribution in [3.05, 3.63) is 65.7 Å². The van der Waals surface area contributed by atoms with Crippen molar-refractivity contribution in [3.63, 3.8) is 0 Å². The van der Waals surface area contributed by atoms with Crippen LogP contribution in [0, 0.1) is 6.92 Å². The maximum absolute atomic E-state index is 5.87. The van der Waals surface area contributed by atoms with Crippen molar-refractivity contribution in [2.24, 2.45) is 10.7 Å². The van der Waals surface area contributed by atoms with Crippen molar-refractivity contribution in [2.45, 2.75) is 20.0 Å². The van der Waals surface area contributed by atoms with Gasteiger partial charge in [0, 0.05) is 18.8 Å². The van der Waals surface area contributed by atoms with E-state index in [4.69, 9.17) is 15.2 Å². The van der Waals surface area contributed by atoms with E-state index in [-0.39, 0.29) is 24.0 Å². The van der Waals surface area contributed by atoms with E-state index >= 15 is 0 Å². The smallest absolute Gasteiger partial charge is 0.193 e. The first kappa shape index (κ1) is 22.4. The summed E-state index contributed by atoms with van der Waals surface area (Å²) < 4.78 is 11.1. The van der Waals surface area contributed by atoms with Gasteiger partial charge in [0.15, 0.2) is 5.96 Å². The molecule has 0 fully saturated rings. The molecule has 142 valence electrons. The van der Waals surface area contributed by atoms with Crippen LogP contribution in [0.15, 0.2) is 59.6 Å². The van der Waals surface area contributed by atoms with E-state index in [0.29, 0.717) is 38.9 Å². The summed E-state index contributed by atoms with van der Waals surface area (Å²) in [4.78, 5) is 4.29. The van der Waals surface area contributed by atoms with Crippen molar-refractivity contribution in [1.29, 1.82) is 0 Å². The van der Waals surface area contributed by atoms with Crippen molar-refractivity contribution >= 4 is 35.6 Å². The highest BCUT2D eigenvalue weighted by Crippen LogP contribution is 2.08. The molecule has 0 aromatic heterocycles. The van der Waals surface area contributed by atoms with Crippen LogP contribution in [0.2, 0.25) is 0 Å². The first-order valence-electron chi connectivity index (χ1n) is 8.57. The van der Waals surface area contributed by atoms with Crippen molar-refractivity contribution in [2.75, 3.05) is 31.7 Å². The Bertz CT molecular complexity index is 651. The molecular formula is C20H28IN3O2. The number of rotatable bonds is 10. The second-order valence-corrected chi connectivity index (χ2v) is 5.77. The number of anilines is 1. The monoisotopic (exact) mass is 469 g/mol. The Kier molecular flexibility index (Phi) is 11.7. The van der Waals surface area contributed by atoms with E-state index in [9.17, 15) is 0 Å². The Morgan fingerprint density at radius 3 is 2.54 bits per heavy atom. The number of hydrogen-bond donors (Lipinski definition) is 2. The lowest BCUT2D eigenvalue weighted by Gasteiger charge is -2.07. The normalized spacial score (nSPS) is 11.0. The molecule has 0 bridgehead atoms. The Balaban J connectivity index is 0.00000338. The second kappa shape index (κ2) is 13.5. The quantitative estimate of drug-likeness (QED) is 0.239. The number of benzene rings is 2. The molecule has 0 amide bonds. The summed E-state index contributed by atoms with van der Waals surface area (Å²) in [6.07, 6.45) is 0.828. The average molecular weight is 469 g/mol. The molecule has 0 heterocycles. The number of aryl methyl sites for hydroxylation is 1. The molecule has 2 aromatic carbocycles. The first-order chi connectivity index (χ1) is 12.2. The largest absolute Gasteiger partial charge is 0.379 e. The number of halogens is 1. The van der Waals surface area contributed by atoms with Crippen LogP contribution in [0.4, 0.5) is 5.69 Å². The lowest BCUT2D eigenvalue weighted by molar-refractivity contribution is 0.0403. The van der Waals surface area contributed by atoms with Crippen molar-refractivity contribution < 1.29 is 9.47 Å². The standard InChI is InChI=1S/C20H27N3O2.HI/c1-17-7-5-10-19(15-17)23-20(21)22-11-6-12-24-13-14-25-16-18-8-3-2-4-9-18;/h2-5,7-10,15H,6,11-14,16H2,1H3,(H3,21,22,23);1H. The molecule has 0 saturated carbocycles. The maximum atomic E-state index is 5.87. The zero-order valence-corrected chi connectivity index (χ0v) is 17.5. The molecule has 5 nitrogen and oxygen atoms in total. The molecule has 6 heteroatoms. The van der Waals surface area contributed by atoms with Gasteiger partial charge in [0.05, 0.1) is 19.8 Å². The molecule has 0 radical (unpaired) electrons. The summed E-state index contributed by atoms with van der Waals surface area (Å²) in [5.41, 5.74) is 9.18. The second-order valence-electron chi connectivity index (χ2n) is 5.77. The molecule has 0 spiro atoms. The number of hydrogen-bond acceptors (Lipinski definition) is 3. The van der Waals surface area contributed by atoms with Gasteiger partial charge in [0.25, 0.3) is 0 Å². The highest BCUT2D eigenvalue weighted by molar-refractivity contribution is 14.0. The summed E-state index contributed by atoms with van der Waals surface area (Å²) in [5.74, 6) is 0.428. The predicted molar refractivity (Wildman–Crippen MR) is 118 cm³/mol. The number of ether oxygens (including phenoxy) is 2. The first-order valence-corrected chi connectivity index (χ1v) is 8.57. The summed E-state index contributed by atoms with van der Waals surface area (Å²) in [7, 11) is 0. The third kappa shape index (κ3) is 9.74. The van der Waals surface area contributed by atoms with E-state index in [1.165, 1.54) is 11.1 Å². The number of aliphatic imine (C=N–C) groups is 1. The minimum Gasteiger partial charge on any atom is -0.379 e. The minimum absolute atomic E-state index is 0. The third-order valence-electron chi connectivity index (χ3n) is 3.50. The zero-order chi connectivity index (χ0) is 17.7. The SMILES string of the molecule is Cc1cccc(NC(N)=NCCCOCCOCc2ccccc2)c1.I. The topological polar surface area (TPSA) is 68.9 Å². The van der Waals surface area contributed by atoms with Gasteiger partial charge in [-0.1, -0.05) is 42.5 Å². The molecule has 0 unspecified atom stereocenters. The number of guanidine groups is 1. The van der Waals surface area contributed by atoms with Gasteiger partial charge in [0.1, 0.15) is 0 Å². The lowest BCUT2D eigenvalue weighted by atomic mass is 10.2. The van der Waals surface area contributed by atoms with Crippen molar-refractivity contribution in [3.8, 4) is 0 Å². The number of nitrogens with two attached hydrogens (primary N) is 1. The fourth-order valence-electron chi connectivity index (χ4n) is 2.26. The Morgan fingerprint density at radius 2 is 1.77 bits per heavy atom. The predicted octanol–water partition coefficient (Wildman–Crippen LogP) is 3.96. The van der Waals surface area contributed by atoms with Crippen LogP contribution < -0.4 is 11.1 Å². The lowest BCUT2D eigenvalue weighted by Crippen LogP contribution is -2.23. The van der Waals surface area contributed by atoms with Gasteiger partial charge in [0.2, 0.25) is 0 Å². The minimum atomic E-state index is 0. The van der Waals surface area contributed by atoms with E-state index in [0.717, 1.165) is 12.1 Å². The molecule has 0 atom stereocenters. The summed E-state index contributed by atoms with van der Waals surface area (Å²) in [5, 5.41) is 3.08. The molecule has 2 rings (SSSR count). The van der Waals surface area contributed by atoms with Crippen molar-refractivity contribution in [1.82, 2.24) is 0 Å². The van der Waals surface area contributed by atoms with Gasteiger partial charge in [-0.25, -0.2) is 0 Å². The molecule has 26 heavy (non-hydrogen) atoms. The summed E-state index contributed by atoms with van der Waals surface area (Å²) >= 11 is 0. The van der Waals surface area contributed by atoms with E-state index in [1.54, 1.807) is 0 Å². The van der Waals surface area contributed by atoms with E-state index in [2.05, 4.69) is 10.3 Å². The van der Waals surface area contributed by atoms with Crippen LogP contribution in [0.25, 0.3) is 0 Å². The molecule has 0 aliphatic carbocycles. The van der Waals surface area contributed by atoms with Gasteiger partial charge < -0.3 is 20.5 Å². The fourth-order valence-corrected chi connectivity index (χ4v) is 2.26. The van der Waals surface area contributed by atoms with E-state index < -0.39 is 0 Å². The highest BCUT2D eigenvalue weighted by Gasteiger charge is 1.96. The maximum Gasteiger partial charge on any atom is 0.193 e. The summed E-state index contributed by atoms with van der Waals surface area (Å²) in [6, 6.07) is 18.1. The molecule has 0 saturated heterocycles. The number of nitrogens with one attached hydrogen (secondary N) is 1. The van der Waals surface area contributed by atoms with Gasteiger partial charge in [-0.3, -0.25) is 4.99 Å². The van der Waals surface area contributed by atoms with E-state index in [1.807, 2.05) is 61.5 Å². The van der Waals surface area contributed by atoms with Crippen LogP contribution in [-0.2, 0) is 16.1 Å². The van der Waals surface area contributed by atoms with Gasteiger partial charge in [-0.15, -0.1) is 24.0 Å². The third-order valence-corrected chi connectivity index (χ3v) is 3.50. The van der Waals surface area contributed by atoms with Gasteiger partial charge in [-0.05, 0) is 36.6 Å². The molecule has 0 aliphatic heterocycles.